The second-order valence-corrected chi connectivity index (χ2v) is 6.14. The van der Waals surface area contributed by atoms with Crippen LogP contribution in [0.2, 0.25) is 0 Å². The SMILES string of the molecule is O=P(O)(F)Oc1ccc([SH]2C=CC=C2)cc1. The van der Waals surface area contributed by atoms with E-state index in [2.05, 4.69) is 15.3 Å². The highest BCUT2D eigenvalue weighted by molar-refractivity contribution is 8.22. The fourth-order valence-electron chi connectivity index (χ4n) is 1.32. The van der Waals surface area contributed by atoms with Gasteiger partial charge >= 0.3 is 7.91 Å². The maximum absolute atomic E-state index is 12.3. The highest BCUT2D eigenvalue weighted by Crippen LogP contribution is 2.46. The second-order valence-electron chi connectivity index (χ2n) is 3.13. The highest BCUT2D eigenvalue weighted by Gasteiger charge is 2.18. The van der Waals surface area contributed by atoms with Gasteiger partial charge in [0.1, 0.15) is 5.75 Å². The van der Waals surface area contributed by atoms with Gasteiger partial charge in [0.15, 0.2) is 0 Å². The van der Waals surface area contributed by atoms with E-state index in [9.17, 15) is 8.76 Å². The molecule has 1 aromatic rings. The van der Waals surface area contributed by atoms with Crippen LogP contribution in [0.15, 0.2) is 52.1 Å². The van der Waals surface area contributed by atoms with Crippen molar-refractivity contribution in [2.75, 3.05) is 0 Å². The summed E-state index contributed by atoms with van der Waals surface area (Å²) >= 11 is 0. The van der Waals surface area contributed by atoms with Crippen molar-refractivity contribution in [2.24, 2.45) is 0 Å². The predicted octanol–water partition coefficient (Wildman–Crippen LogP) is 3.54. The minimum Gasteiger partial charge on any atom is -0.401 e. The summed E-state index contributed by atoms with van der Waals surface area (Å²) in [4.78, 5) is 9.48. The molecule has 0 fully saturated rings. The summed E-state index contributed by atoms with van der Waals surface area (Å²) in [5.74, 6) is 0.0549. The molecule has 1 aliphatic heterocycles. The molecule has 0 spiro atoms. The van der Waals surface area contributed by atoms with E-state index in [0.717, 1.165) is 4.90 Å². The van der Waals surface area contributed by atoms with E-state index in [0.29, 0.717) is 0 Å². The first-order valence-corrected chi connectivity index (χ1v) is 7.45. The van der Waals surface area contributed by atoms with Crippen molar-refractivity contribution < 1.29 is 18.2 Å². The summed E-state index contributed by atoms with van der Waals surface area (Å²) in [7, 11) is -5.38. The minimum atomic E-state index is -4.95. The zero-order valence-corrected chi connectivity index (χ0v) is 9.94. The van der Waals surface area contributed by atoms with Crippen molar-refractivity contribution in [3.05, 3.63) is 47.2 Å². The molecule has 1 aromatic carbocycles. The molecular formula is C10H10FO3PS. The Morgan fingerprint density at radius 2 is 1.75 bits per heavy atom. The second kappa shape index (κ2) is 4.45. The minimum absolute atomic E-state index is 0.0549. The molecule has 86 valence electrons. The van der Waals surface area contributed by atoms with E-state index in [1.54, 1.807) is 12.1 Å². The number of rotatable bonds is 3. The van der Waals surface area contributed by atoms with Gasteiger partial charge in [-0.15, -0.1) is 4.20 Å². The van der Waals surface area contributed by atoms with E-state index in [4.69, 9.17) is 4.89 Å². The van der Waals surface area contributed by atoms with E-state index in [1.807, 2.05) is 12.2 Å². The number of hydrogen-bond acceptors (Lipinski definition) is 2. The van der Waals surface area contributed by atoms with Crippen molar-refractivity contribution in [1.82, 2.24) is 0 Å². The molecule has 0 saturated carbocycles. The fraction of sp³-hybridized carbons (Fsp3) is 0. The van der Waals surface area contributed by atoms with Gasteiger partial charge in [-0.25, -0.2) is 4.57 Å². The summed E-state index contributed by atoms with van der Waals surface area (Å²) in [5.41, 5.74) is 0. The van der Waals surface area contributed by atoms with E-state index in [-0.39, 0.29) is 5.75 Å². The molecule has 0 radical (unpaired) electrons. The average molecular weight is 260 g/mol. The van der Waals surface area contributed by atoms with E-state index < -0.39 is 18.8 Å². The molecule has 1 atom stereocenters. The first-order valence-electron chi connectivity index (χ1n) is 4.50. The Balaban J connectivity index is 2.13. The van der Waals surface area contributed by atoms with Crippen molar-refractivity contribution in [3.63, 3.8) is 0 Å². The van der Waals surface area contributed by atoms with Gasteiger partial charge < -0.3 is 4.52 Å². The molecule has 2 rings (SSSR count). The number of benzene rings is 1. The Morgan fingerprint density at radius 1 is 1.19 bits per heavy atom. The summed E-state index contributed by atoms with van der Waals surface area (Å²) in [6.45, 7) is 0. The Morgan fingerprint density at radius 3 is 2.25 bits per heavy atom. The molecule has 1 heterocycles. The zero-order chi connectivity index (χ0) is 11.6. The Kier molecular flexibility index (Phi) is 3.19. The van der Waals surface area contributed by atoms with Crippen LogP contribution in [0.25, 0.3) is 0 Å². The monoisotopic (exact) mass is 260 g/mol. The molecule has 1 unspecified atom stereocenters. The standard InChI is InChI=1S/C10H10FO3PS/c11-15(12,13)14-9-3-5-10(6-4-9)16-7-1-2-8-16/h1-8,16H,(H,12,13). The Bertz CT molecular complexity index is 465. The summed E-state index contributed by atoms with van der Waals surface area (Å²) in [6, 6.07) is 6.49. The van der Waals surface area contributed by atoms with Crippen LogP contribution in [0.4, 0.5) is 4.20 Å². The van der Waals surface area contributed by atoms with Crippen LogP contribution in [0.3, 0.4) is 0 Å². The van der Waals surface area contributed by atoms with Gasteiger partial charge in [-0.3, -0.25) is 4.89 Å². The van der Waals surface area contributed by atoms with Crippen LogP contribution in [-0.4, -0.2) is 4.89 Å². The van der Waals surface area contributed by atoms with Crippen LogP contribution in [0, 0.1) is 0 Å². The van der Waals surface area contributed by atoms with E-state index >= 15 is 0 Å². The third-order valence-electron chi connectivity index (χ3n) is 1.96. The van der Waals surface area contributed by atoms with Gasteiger partial charge in [0.05, 0.1) is 0 Å². The molecule has 0 aliphatic carbocycles. The molecule has 0 bridgehead atoms. The maximum atomic E-state index is 12.3. The van der Waals surface area contributed by atoms with Gasteiger partial charge in [-0.1, -0.05) is 12.2 Å². The van der Waals surface area contributed by atoms with Crippen LogP contribution >= 0.6 is 18.8 Å². The smallest absolute Gasteiger partial charge is 0.401 e. The van der Waals surface area contributed by atoms with Gasteiger partial charge in [0.25, 0.3) is 0 Å². The lowest BCUT2D eigenvalue weighted by atomic mass is 10.3. The average Bonchev–Trinajstić information content (AvgIpc) is 2.69. The van der Waals surface area contributed by atoms with Crippen molar-refractivity contribution in [3.8, 4) is 5.75 Å². The van der Waals surface area contributed by atoms with Crippen molar-refractivity contribution >= 4 is 18.8 Å². The predicted molar refractivity (Wildman–Crippen MR) is 63.5 cm³/mol. The van der Waals surface area contributed by atoms with Crippen LogP contribution in [0.1, 0.15) is 0 Å². The van der Waals surface area contributed by atoms with Crippen molar-refractivity contribution in [1.29, 1.82) is 0 Å². The topological polar surface area (TPSA) is 46.5 Å². The lowest BCUT2D eigenvalue weighted by Gasteiger charge is -2.11. The quantitative estimate of drug-likeness (QED) is 0.645. The molecule has 0 aromatic heterocycles. The maximum Gasteiger partial charge on any atom is 0.567 e. The molecule has 3 nitrogen and oxygen atoms in total. The lowest BCUT2D eigenvalue weighted by Crippen LogP contribution is -1.86. The molecule has 0 saturated heterocycles. The number of hydrogen-bond donors (Lipinski definition) is 2. The third kappa shape index (κ3) is 2.98. The summed E-state index contributed by atoms with van der Waals surface area (Å²) in [5, 5.41) is 4.16. The molecule has 6 heteroatoms. The first-order chi connectivity index (χ1) is 7.54. The van der Waals surface area contributed by atoms with Crippen LogP contribution < -0.4 is 4.52 Å². The molecular weight excluding hydrogens is 250 g/mol. The van der Waals surface area contributed by atoms with Gasteiger partial charge in [0, 0.05) is 0 Å². The largest absolute Gasteiger partial charge is 0.567 e. The Hall–Kier alpha value is -1.03. The van der Waals surface area contributed by atoms with E-state index in [1.165, 1.54) is 12.1 Å². The number of thiol groups is 1. The zero-order valence-electron chi connectivity index (χ0n) is 8.15. The normalized spacial score (nSPS) is 19.8. The van der Waals surface area contributed by atoms with Crippen molar-refractivity contribution in [2.45, 2.75) is 4.90 Å². The van der Waals surface area contributed by atoms with Crippen LogP contribution in [-0.2, 0) is 4.57 Å². The van der Waals surface area contributed by atoms with Gasteiger partial charge in [0.2, 0.25) is 0 Å². The molecule has 0 amide bonds. The van der Waals surface area contributed by atoms with Crippen LogP contribution in [0.5, 0.6) is 5.75 Å². The van der Waals surface area contributed by atoms with Gasteiger partial charge in [-0.05, 0) is 40.0 Å². The summed E-state index contributed by atoms with van der Waals surface area (Å²) < 4.78 is 27.0. The number of halogens is 1. The number of allylic oxidation sites excluding steroid dienone is 2. The highest BCUT2D eigenvalue weighted by atomic mass is 32.2. The Labute approximate surface area is 95.3 Å². The third-order valence-corrected chi connectivity index (χ3v) is 4.27. The lowest BCUT2D eigenvalue weighted by molar-refractivity contribution is 0.330. The van der Waals surface area contributed by atoms with Gasteiger partial charge in [-0.2, -0.15) is 10.9 Å². The molecule has 16 heavy (non-hydrogen) atoms. The first kappa shape index (κ1) is 11.5. The molecule has 1 N–H and O–H groups in total. The molecule has 1 aliphatic rings. The fourth-order valence-corrected chi connectivity index (χ4v) is 3.20. The summed E-state index contributed by atoms with van der Waals surface area (Å²) in [6.07, 6.45) is 3.94.